The number of aliphatic carboxylic acids is 1. The van der Waals surface area contributed by atoms with Crippen molar-refractivity contribution in [3.63, 3.8) is 0 Å². The highest BCUT2D eigenvalue weighted by Crippen LogP contribution is 2.34. The van der Waals surface area contributed by atoms with Gasteiger partial charge in [-0.1, -0.05) is 29.8 Å². The number of rotatable bonds is 5. The van der Waals surface area contributed by atoms with Crippen LogP contribution in [0.1, 0.15) is 23.2 Å². The number of nitrogens with one attached hydrogen (secondary N) is 1. The molecule has 3 aromatic rings. The molecule has 4 rings (SSSR count). The van der Waals surface area contributed by atoms with Gasteiger partial charge in [-0.15, -0.1) is 0 Å². The molecule has 0 fully saturated rings. The Morgan fingerprint density at radius 2 is 2.06 bits per heavy atom. The highest BCUT2D eigenvalue weighted by Gasteiger charge is 2.30. The van der Waals surface area contributed by atoms with Gasteiger partial charge in [-0.2, -0.15) is 0 Å². The van der Waals surface area contributed by atoms with E-state index in [1.165, 1.54) is 12.1 Å². The number of nitrogens with zero attached hydrogens (tertiary/aromatic N) is 2. The Labute approximate surface area is 184 Å². The first-order valence-corrected chi connectivity index (χ1v) is 10.5. The number of hydrogen-bond donors (Lipinski definition) is 2. The van der Waals surface area contributed by atoms with Crippen molar-refractivity contribution in [3.8, 4) is 0 Å². The van der Waals surface area contributed by atoms with E-state index in [0.717, 1.165) is 16.8 Å². The van der Waals surface area contributed by atoms with E-state index < -0.39 is 5.97 Å². The van der Waals surface area contributed by atoms with Crippen molar-refractivity contribution in [1.82, 2.24) is 14.8 Å². The molecule has 0 bridgehead atoms. The maximum absolute atomic E-state index is 13.9. The molecule has 1 aromatic heterocycles. The van der Waals surface area contributed by atoms with Gasteiger partial charge in [-0.05, 0) is 54.7 Å². The smallest absolute Gasteiger partial charge is 0.323 e. The summed E-state index contributed by atoms with van der Waals surface area (Å²) in [4.78, 5) is 25.8. The molecule has 1 unspecified atom stereocenters. The molecule has 31 heavy (non-hydrogen) atoms. The lowest BCUT2D eigenvalue weighted by Crippen LogP contribution is -2.45. The fraction of sp³-hybridized carbons (Fsp3) is 0.304. The van der Waals surface area contributed by atoms with E-state index in [2.05, 4.69) is 5.32 Å². The quantitative estimate of drug-likeness (QED) is 0.620. The average molecular weight is 444 g/mol. The van der Waals surface area contributed by atoms with Crippen molar-refractivity contribution in [2.75, 3.05) is 7.05 Å². The van der Waals surface area contributed by atoms with Crippen LogP contribution < -0.4 is 5.32 Å². The Bertz CT molecular complexity index is 1160. The Balaban J connectivity index is 1.54. The maximum atomic E-state index is 13.9. The van der Waals surface area contributed by atoms with Gasteiger partial charge in [0.05, 0.1) is 0 Å². The number of hydrogen-bond acceptors (Lipinski definition) is 2. The molecule has 8 heteroatoms. The number of carboxylic acid groups (broad SMARTS) is 1. The van der Waals surface area contributed by atoms with Gasteiger partial charge >= 0.3 is 12.0 Å². The molecule has 6 nitrogen and oxygen atoms in total. The summed E-state index contributed by atoms with van der Waals surface area (Å²) in [5.41, 5.74) is 3.37. The summed E-state index contributed by atoms with van der Waals surface area (Å²) in [6, 6.07) is 11.5. The van der Waals surface area contributed by atoms with Gasteiger partial charge in [0.15, 0.2) is 0 Å². The molecular weight excluding hydrogens is 421 g/mol. The van der Waals surface area contributed by atoms with E-state index >= 15 is 0 Å². The van der Waals surface area contributed by atoms with Crippen molar-refractivity contribution in [3.05, 3.63) is 70.1 Å². The van der Waals surface area contributed by atoms with Crippen molar-refractivity contribution < 1.29 is 19.1 Å². The third-order valence-corrected chi connectivity index (χ3v) is 6.32. The van der Waals surface area contributed by atoms with Crippen LogP contribution in [0.4, 0.5) is 9.18 Å². The van der Waals surface area contributed by atoms with Crippen molar-refractivity contribution >= 4 is 34.5 Å². The molecule has 1 atom stereocenters. The van der Waals surface area contributed by atoms with E-state index in [1.54, 1.807) is 28.6 Å². The lowest BCUT2D eigenvalue weighted by molar-refractivity contribution is -0.137. The van der Waals surface area contributed by atoms with Gasteiger partial charge in [0.25, 0.3) is 0 Å². The second-order valence-corrected chi connectivity index (χ2v) is 8.23. The monoisotopic (exact) mass is 443 g/mol. The zero-order chi connectivity index (χ0) is 22.1. The first-order valence-electron chi connectivity index (χ1n) is 10.1. The molecule has 1 aliphatic carbocycles. The number of likely N-dealkylation sites (N-methyl/N-ethyl adjacent to an activating group) is 1. The highest BCUT2D eigenvalue weighted by molar-refractivity contribution is 6.31. The standard InChI is InChI=1S/C23H23ClFN3O3/c1-27(23(31)26-12-14-4-2-3-5-19(14)24)16-7-9-21-18(11-16)17-10-15(25)6-8-20(17)28(21)13-22(29)30/h2-6,8,10,16H,7,9,11-13H2,1H3,(H,26,31)(H,29,30). The van der Waals surface area contributed by atoms with Gasteiger partial charge in [0, 0.05) is 41.3 Å². The van der Waals surface area contributed by atoms with Gasteiger partial charge in [-0.25, -0.2) is 9.18 Å². The number of carbonyl (C=O) groups excluding carboxylic acids is 1. The largest absolute Gasteiger partial charge is 0.480 e. The molecule has 0 aliphatic heterocycles. The summed E-state index contributed by atoms with van der Waals surface area (Å²) < 4.78 is 15.7. The van der Waals surface area contributed by atoms with Crippen LogP contribution in [0, 0.1) is 5.82 Å². The Kier molecular flexibility index (Phi) is 5.87. The van der Waals surface area contributed by atoms with Crippen molar-refractivity contribution in [2.45, 2.75) is 38.4 Å². The Morgan fingerprint density at radius 3 is 2.81 bits per heavy atom. The molecule has 0 saturated carbocycles. The summed E-state index contributed by atoms with van der Waals surface area (Å²) in [6.45, 7) is 0.153. The van der Waals surface area contributed by atoms with Crippen LogP contribution in [0.2, 0.25) is 5.02 Å². The van der Waals surface area contributed by atoms with Gasteiger partial charge in [0.1, 0.15) is 12.4 Å². The lowest BCUT2D eigenvalue weighted by Gasteiger charge is -2.32. The van der Waals surface area contributed by atoms with Crippen LogP contribution >= 0.6 is 11.6 Å². The normalized spacial score (nSPS) is 15.5. The lowest BCUT2D eigenvalue weighted by atomic mass is 9.90. The number of urea groups is 1. The van der Waals surface area contributed by atoms with E-state index in [4.69, 9.17) is 11.6 Å². The summed E-state index contributed by atoms with van der Waals surface area (Å²) in [6.07, 6.45) is 1.85. The number of aromatic nitrogens is 1. The predicted molar refractivity (Wildman–Crippen MR) is 117 cm³/mol. The van der Waals surface area contributed by atoms with Crippen LogP contribution in [-0.4, -0.2) is 39.7 Å². The minimum absolute atomic E-state index is 0.0779. The molecule has 1 heterocycles. The Morgan fingerprint density at radius 1 is 1.29 bits per heavy atom. The molecular formula is C23H23ClFN3O3. The number of halogens is 2. The number of carbonyl (C=O) groups is 2. The molecule has 2 amide bonds. The maximum Gasteiger partial charge on any atom is 0.323 e. The fourth-order valence-electron chi connectivity index (χ4n) is 4.35. The summed E-state index contributed by atoms with van der Waals surface area (Å²) in [5.74, 6) is -1.31. The van der Waals surface area contributed by atoms with Gasteiger partial charge in [-0.3, -0.25) is 4.79 Å². The summed E-state index contributed by atoms with van der Waals surface area (Å²) >= 11 is 6.16. The minimum atomic E-state index is -0.942. The van der Waals surface area contributed by atoms with Crippen LogP contribution in [0.25, 0.3) is 10.9 Å². The van der Waals surface area contributed by atoms with Gasteiger partial charge in [0.2, 0.25) is 0 Å². The number of carboxylic acids is 1. The molecule has 2 N–H and O–H groups in total. The third kappa shape index (κ3) is 4.23. The predicted octanol–water partition coefficient (Wildman–Crippen LogP) is 4.22. The van der Waals surface area contributed by atoms with E-state index in [-0.39, 0.29) is 24.4 Å². The highest BCUT2D eigenvalue weighted by atomic mass is 35.5. The van der Waals surface area contributed by atoms with Crippen molar-refractivity contribution in [2.24, 2.45) is 0 Å². The summed E-state index contributed by atoms with van der Waals surface area (Å²) in [7, 11) is 1.74. The number of benzene rings is 2. The SMILES string of the molecule is CN(C(=O)NCc1ccccc1Cl)C1CCc2c(c3cc(F)ccc3n2CC(=O)O)C1. The summed E-state index contributed by atoms with van der Waals surface area (Å²) in [5, 5.41) is 13.5. The van der Waals surface area contributed by atoms with Crippen LogP contribution in [0.15, 0.2) is 42.5 Å². The molecule has 1 aliphatic rings. The van der Waals surface area contributed by atoms with E-state index in [1.807, 2.05) is 18.2 Å². The molecule has 0 radical (unpaired) electrons. The molecule has 162 valence electrons. The van der Waals surface area contributed by atoms with Crippen molar-refractivity contribution in [1.29, 1.82) is 0 Å². The van der Waals surface area contributed by atoms with E-state index in [9.17, 15) is 19.1 Å². The Hall–Kier alpha value is -3.06. The molecule has 0 saturated heterocycles. The van der Waals surface area contributed by atoms with Gasteiger partial charge < -0.3 is 19.9 Å². The topological polar surface area (TPSA) is 74.6 Å². The minimum Gasteiger partial charge on any atom is -0.480 e. The zero-order valence-electron chi connectivity index (χ0n) is 17.1. The van der Waals surface area contributed by atoms with Crippen LogP contribution in [-0.2, 0) is 30.7 Å². The second-order valence-electron chi connectivity index (χ2n) is 7.82. The average Bonchev–Trinajstić information content (AvgIpc) is 3.04. The number of amides is 2. The fourth-order valence-corrected chi connectivity index (χ4v) is 4.56. The molecule has 2 aromatic carbocycles. The molecule has 0 spiro atoms. The zero-order valence-corrected chi connectivity index (χ0v) is 17.8. The second kappa shape index (κ2) is 8.59. The first kappa shape index (κ1) is 21.2. The van der Waals surface area contributed by atoms with Crippen LogP contribution in [0.5, 0.6) is 0 Å². The van der Waals surface area contributed by atoms with E-state index in [0.29, 0.717) is 41.7 Å². The number of fused-ring (bicyclic) bond motifs is 3. The third-order valence-electron chi connectivity index (χ3n) is 5.95. The van der Waals surface area contributed by atoms with Crippen LogP contribution in [0.3, 0.4) is 0 Å². The first-order chi connectivity index (χ1) is 14.8.